The van der Waals surface area contributed by atoms with Crippen LogP contribution in [0.5, 0.6) is 0 Å². The van der Waals surface area contributed by atoms with E-state index >= 15 is 0 Å². The maximum Gasteiger partial charge on any atom is 0.326 e. The van der Waals surface area contributed by atoms with Crippen LogP contribution in [0.1, 0.15) is 18.4 Å². The molecule has 11 nitrogen and oxygen atoms in total. The topological polar surface area (TPSA) is 126 Å². The number of nitrogens with one attached hydrogen (secondary N) is 3. The number of fused-ring (bicyclic) bond motifs is 1. The smallest absolute Gasteiger partial charge is 0.326 e. The van der Waals surface area contributed by atoms with E-state index in [0.717, 1.165) is 12.8 Å². The third-order valence-corrected chi connectivity index (χ3v) is 4.61. The fourth-order valence-electron chi connectivity index (χ4n) is 3.03. The third kappa shape index (κ3) is 3.05. The summed E-state index contributed by atoms with van der Waals surface area (Å²) < 4.78 is 7.04. The number of aromatic nitrogens is 4. The summed E-state index contributed by atoms with van der Waals surface area (Å²) >= 11 is 0. The first kappa shape index (κ1) is 16.0. The lowest BCUT2D eigenvalue weighted by atomic mass is 10.2. The van der Waals surface area contributed by atoms with Crippen LogP contribution in [0.2, 0.25) is 0 Å². The maximum atomic E-state index is 11.8. The zero-order valence-corrected chi connectivity index (χ0v) is 14.4. The second kappa shape index (κ2) is 6.20. The molecule has 3 aliphatic rings. The molecule has 11 heteroatoms. The van der Waals surface area contributed by atoms with Crippen LogP contribution in [0, 0.1) is 0 Å². The van der Waals surface area contributed by atoms with Crippen LogP contribution < -0.4 is 20.9 Å². The predicted molar refractivity (Wildman–Crippen MR) is 95.1 cm³/mol. The number of amides is 3. The number of imide groups is 1. The van der Waals surface area contributed by atoms with Gasteiger partial charge in [-0.1, -0.05) is 0 Å². The molecule has 2 aliphatic heterocycles. The van der Waals surface area contributed by atoms with Gasteiger partial charge in [-0.05, 0) is 18.9 Å². The van der Waals surface area contributed by atoms with E-state index in [2.05, 4.69) is 35.9 Å². The van der Waals surface area contributed by atoms with Gasteiger partial charge < -0.3 is 20.3 Å². The molecule has 5 rings (SSSR count). The van der Waals surface area contributed by atoms with Gasteiger partial charge >= 0.3 is 6.03 Å². The van der Waals surface area contributed by atoms with E-state index in [1.54, 1.807) is 16.8 Å². The summed E-state index contributed by atoms with van der Waals surface area (Å²) in [6.45, 7) is 2.68. The average Bonchev–Trinajstić information content (AvgIpc) is 3.31. The van der Waals surface area contributed by atoms with Crippen molar-refractivity contribution in [3.63, 3.8) is 0 Å². The van der Waals surface area contributed by atoms with E-state index in [0.29, 0.717) is 55.5 Å². The van der Waals surface area contributed by atoms with Gasteiger partial charge in [0.25, 0.3) is 5.91 Å². The van der Waals surface area contributed by atoms with Crippen molar-refractivity contribution >= 4 is 35.6 Å². The van der Waals surface area contributed by atoms with Crippen LogP contribution in [-0.4, -0.2) is 63.9 Å². The average molecular weight is 370 g/mol. The minimum absolute atomic E-state index is 0.165. The molecule has 3 amide bonds. The highest BCUT2D eigenvalue weighted by molar-refractivity contribution is 6.14. The molecule has 0 bridgehead atoms. The summed E-state index contributed by atoms with van der Waals surface area (Å²) in [5.74, 6) is 0.737. The molecule has 3 fully saturated rings. The third-order valence-electron chi connectivity index (χ3n) is 4.61. The Hall–Kier alpha value is -3.21. The molecule has 0 unspecified atom stereocenters. The van der Waals surface area contributed by atoms with Crippen molar-refractivity contribution in [2.24, 2.45) is 0 Å². The van der Waals surface area contributed by atoms with Gasteiger partial charge in [0.2, 0.25) is 11.9 Å². The van der Waals surface area contributed by atoms with Gasteiger partial charge in [0.1, 0.15) is 5.70 Å². The number of rotatable bonds is 4. The minimum atomic E-state index is -0.539. The summed E-state index contributed by atoms with van der Waals surface area (Å²) in [6.07, 6.45) is 5.38. The molecule has 2 aromatic heterocycles. The SMILES string of the molecule is O=C1NC(=O)/C(=C/c2cnn3c(NC4CC4)nc(N4CCOCC4)nc23)N1. The first-order valence-corrected chi connectivity index (χ1v) is 8.86. The molecule has 0 atom stereocenters. The van der Waals surface area contributed by atoms with E-state index in [9.17, 15) is 9.59 Å². The number of anilines is 2. The number of morpholine rings is 1. The normalized spacial score (nSPS) is 21.6. The Morgan fingerprint density at radius 3 is 2.70 bits per heavy atom. The van der Waals surface area contributed by atoms with Gasteiger partial charge in [-0.3, -0.25) is 10.1 Å². The van der Waals surface area contributed by atoms with Crippen LogP contribution >= 0.6 is 0 Å². The lowest BCUT2D eigenvalue weighted by Crippen LogP contribution is -2.37. The molecule has 140 valence electrons. The number of carbonyl (C=O) groups excluding carboxylic acids is 2. The van der Waals surface area contributed by atoms with Crippen molar-refractivity contribution in [1.29, 1.82) is 0 Å². The lowest BCUT2D eigenvalue weighted by molar-refractivity contribution is -0.115. The Morgan fingerprint density at radius 1 is 1.19 bits per heavy atom. The fourth-order valence-corrected chi connectivity index (χ4v) is 3.03. The molecule has 2 aromatic rings. The molecule has 4 heterocycles. The Kier molecular flexibility index (Phi) is 3.67. The van der Waals surface area contributed by atoms with Crippen molar-refractivity contribution in [2.75, 3.05) is 36.5 Å². The maximum absolute atomic E-state index is 11.8. The first-order chi connectivity index (χ1) is 13.2. The van der Waals surface area contributed by atoms with Crippen LogP contribution in [0.25, 0.3) is 11.7 Å². The summed E-state index contributed by atoms with van der Waals surface area (Å²) in [5.41, 5.74) is 1.35. The zero-order valence-electron chi connectivity index (χ0n) is 14.4. The summed E-state index contributed by atoms with van der Waals surface area (Å²) in [5, 5.41) is 12.4. The Morgan fingerprint density at radius 2 is 2.00 bits per heavy atom. The van der Waals surface area contributed by atoms with Crippen molar-refractivity contribution in [2.45, 2.75) is 18.9 Å². The Labute approximate surface area is 153 Å². The highest BCUT2D eigenvalue weighted by Gasteiger charge is 2.26. The molecule has 2 saturated heterocycles. The molecular weight excluding hydrogens is 352 g/mol. The van der Waals surface area contributed by atoms with Gasteiger partial charge in [-0.25, -0.2) is 4.79 Å². The number of carbonyl (C=O) groups is 2. The van der Waals surface area contributed by atoms with Gasteiger partial charge in [0.05, 0.1) is 19.4 Å². The highest BCUT2D eigenvalue weighted by Crippen LogP contribution is 2.26. The van der Waals surface area contributed by atoms with E-state index in [1.165, 1.54) is 0 Å². The van der Waals surface area contributed by atoms with E-state index in [1.807, 2.05) is 0 Å². The summed E-state index contributed by atoms with van der Waals surface area (Å²) in [7, 11) is 0. The molecule has 3 N–H and O–H groups in total. The van der Waals surface area contributed by atoms with Crippen molar-refractivity contribution in [1.82, 2.24) is 30.2 Å². The van der Waals surface area contributed by atoms with Gasteiger partial charge in [0.15, 0.2) is 5.65 Å². The monoisotopic (exact) mass is 370 g/mol. The number of ether oxygens (including phenoxy) is 1. The van der Waals surface area contributed by atoms with Crippen LogP contribution in [0.15, 0.2) is 11.9 Å². The lowest BCUT2D eigenvalue weighted by Gasteiger charge is -2.27. The molecule has 1 saturated carbocycles. The largest absolute Gasteiger partial charge is 0.378 e. The molecule has 0 aromatic carbocycles. The van der Waals surface area contributed by atoms with Crippen LogP contribution in [0.4, 0.5) is 16.7 Å². The molecule has 1 aliphatic carbocycles. The molecule has 0 spiro atoms. The van der Waals surface area contributed by atoms with Crippen molar-refractivity contribution < 1.29 is 14.3 Å². The standard InChI is InChI=1S/C16H18N8O3/c25-13-11(19-16(26)21-13)7-9-8-17-24-12(9)20-14(23-3-5-27-6-4-23)22-15(24)18-10-1-2-10/h7-8,10H,1-6H2,(H,18,20,22)(H2,19,21,25,26)/b11-7-. The second-order valence-electron chi connectivity index (χ2n) is 6.67. The number of hydrogen-bond donors (Lipinski definition) is 3. The molecular formula is C16H18N8O3. The quantitative estimate of drug-likeness (QED) is 0.495. The fraction of sp³-hybridized carbons (Fsp3) is 0.438. The highest BCUT2D eigenvalue weighted by atomic mass is 16.5. The summed E-state index contributed by atoms with van der Waals surface area (Å²) in [6, 6.07) is -0.144. The summed E-state index contributed by atoms with van der Waals surface area (Å²) in [4.78, 5) is 34.5. The van der Waals surface area contributed by atoms with Gasteiger partial charge in [0, 0.05) is 24.7 Å². The zero-order chi connectivity index (χ0) is 18.4. The number of urea groups is 1. The predicted octanol–water partition coefficient (Wildman–Crippen LogP) is -0.284. The van der Waals surface area contributed by atoms with Crippen molar-refractivity contribution in [3.8, 4) is 0 Å². The number of nitrogens with zero attached hydrogens (tertiary/aromatic N) is 5. The minimum Gasteiger partial charge on any atom is -0.378 e. The van der Waals surface area contributed by atoms with E-state index in [4.69, 9.17) is 4.74 Å². The molecule has 27 heavy (non-hydrogen) atoms. The molecule has 0 radical (unpaired) electrons. The van der Waals surface area contributed by atoms with Crippen molar-refractivity contribution in [3.05, 3.63) is 17.5 Å². The van der Waals surface area contributed by atoms with Crippen LogP contribution in [0.3, 0.4) is 0 Å². The number of hydrogen-bond acceptors (Lipinski definition) is 8. The van der Waals surface area contributed by atoms with E-state index < -0.39 is 11.9 Å². The van der Waals surface area contributed by atoms with Gasteiger partial charge in [-0.15, -0.1) is 0 Å². The van der Waals surface area contributed by atoms with E-state index in [-0.39, 0.29) is 5.70 Å². The Balaban J connectivity index is 1.58. The first-order valence-electron chi connectivity index (χ1n) is 8.86. The van der Waals surface area contributed by atoms with Gasteiger partial charge in [-0.2, -0.15) is 19.6 Å². The Bertz CT molecular complexity index is 958. The second-order valence-corrected chi connectivity index (χ2v) is 6.67. The van der Waals surface area contributed by atoms with Crippen LogP contribution in [-0.2, 0) is 9.53 Å².